The van der Waals surface area contributed by atoms with E-state index in [1.165, 1.54) is 0 Å². The molecule has 5 rings (SSSR count). The third-order valence-electron chi connectivity index (χ3n) is 9.11. The first-order valence-electron chi connectivity index (χ1n) is 11.8. The van der Waals surface area contributed by atoms with Crippen molar-refractivity contribution in [3.05, 3.63) is 46.3 Å². The van der Waals surface area contributed by atoms with Gasteiger partial charge in [-0.05, 0) is 80.0 Å². The Hall–Kier alpha value is -2.27. The smallest absolute Gasteiger partial charge is 0.343 e. The number of rotatable bonds is 2. The summed E-state index contributed by atoms with van der Waals surface area (Å²) in [5, 5.41) is 10.7. The molecule has 5 atom stereocenters. The van der Waals surface area contributed by atoms with Crippen LogP contribution >= 0.6 is 0 Å². The molecule has 32 heavy (non-hydrogen) atoms. The summed E-state index contributed by atoms with van der Waals surface area (Å²) in [6.07, 6.45) is 4.08. The molecule has 5 unspecified atom stereocenters. The second-order valence-electron chi connectivity index (χ2n) is 11.1. The standard InChI is InChI=1S/C27H34O5/c1-25(2)21-10-13-27(4)22(26(21,3)12-11-23(25)28)14-18-20(32-27)15-19(31-24(18)29)16-6-8-17(30-5)9-7-16/h6-9,15,21-23,28H,10-14H2,1-5H3. The van der Waals surface area contributed by atoms with Crippen molar-refractivity contribution < 1.29 is 19.0 Å². The average Bonchev–Trinajstić information content (AvgIpc) is 2.75. The van der Waals surface area contributed by atoms with Crippen LogP contribution in [0.3, 0.4) is 0 Å². The summed E-state index contributed by atoms with van der Waals surface area (Å²) in [6, 6.07) is 9.36. The largest absolute Gasteiger partial charge is 0.497 e. The van der Waals surface area contributed by atoms with E-state index in [0.29, 0.717) is 29.4 Å². The van der Waals surface area contributed by atoms with Crippen molar-refractivity contribution in [1.29, 1.82) is 0 Å². The molecule has 1 N–H and O–H groups in total. The molecule has 1 aliphatic heterocycles. The first-order chi connectivity index (χ1) is 15.1. The zero-order chi connectivity index (χ0) is 22.9. The van der Waals surface area contributed by atoms with E-state index in [1.54, 1.807) is 7.11 Å². The lowest BCUT2D eigenvalue weighted by Crippen LogP contribution is -2.63. The first-order valence-corrected chi connectivity index (χ1v) is 11.8. The Morgan fingerprint density at radius 3 is 2.44 bits per heavy atom. The van der Waals surface area contributed by atoms with Crippen LogP contribution < -0.4 is 15.1 Å². The van der Waals surface area contributed by atoms with E-state index in [1.807, 2.05) is 30.3 Å². The zero-order valence-electron chi connectivity index (χ0n) is 19.7. The summed E-state index contributed by atoms with van der Waals surface area (Å²) in [4.78, 5) is 13.1. The third kappa shape index (κ3) is 3.04. The number of methoxy groups -OCH3 is 1. The lowest BCUT2D eigenvalue weighted by Gasteiger charge is -2.64. The van der Waals surface area contributed by atoms with Crippen molar-refractivity contribution in [2.24, 2.45) is 22.7 Å². The molecule has 3 aliphatic rings. The zero-order valence-corrected chi connectivity index (χ0v) is 19.7. The minimum absolute atomic E-state index is 0.00845. The van der Waals surface area contributed by atoms with Crippen LogP contribution in [0.5, 0.6) is 11.5 Å². The molecule has 0 saturated heterocycles. The highest BCUT2D eigenvalue weighted by molar-refractivity contribution is 5.60. The third-order valence-corrected chi connectivity index (χ3v) is 9.11. The number of ether oxygens (including phenoxy) is 2. The van der Waals surface area contributed by atoms with Crippen LogP contribution in [0.25, 0.3) is 11.3 Å². The van der Waals surface area contributed by atoms with Gasteiger partial charge in [-0.15, -0.1) is 0 Å². The summed E-state index contributed by atoms with van der Waals surface area (Å²) >= 11 is 0. The minimum atomic E-state index is -0.332. The topological polar surface area (TPSA) is 68.9 Å². The molecule has 2 heterocycles. The van der Waals surface area contributed by atoms with Crippen molar-refractivity contribution in [2.45, 2.75) is 71.5 Å². The molecule has 0 spiro atoms. The van der Waals surface area contributed by atoms with E-state index in [0.717, 1.165) is 37.0 Å². The maximum atomic E-state index is 13.1. The number of aliphatic hydroxyl groups excluding tert-OH is 1. The van der Waals surface area contributed by atoms with Gasteiger partial charge in [0, 0.05) is 17.5 Å². The predicted molar refractivity (Wildman–Crippen MR) is 123 cm³/mol. The number of hydrogen-bond donors (Lipinski definition) is 1. The Kier molecular flexibility index (Phi) is 4.79. The van der Waals surface area contributed by atoms with E-state index in [9.17, 15) is 9.90 Å². The lowest BCUT2D eigenvalue weighted by molar-refractivity contribution is -0.191. The molecule has 2 fully saturated rings. The van der Waals surface area contributed by atoms with Gasteiger partial charge in [-0.3, -0.25) is 0 Å². The minimum Gasteiger partial charge on any atom is -0.497 e. The van der Waals surface area contributed by atoms with Crippen molar-refractivity contribution in [2.75, 3.05) is 7.11 Å². The fourth-order valence-electron chi connectivity index (χ4n) is 7.19. The second-order valence-corrected chi connectivity index (χ2v) is 11.1. The summed E-state index contributed by atoms with van der Waals surface area (Å²) in [5.74, 6) is 2.53. The normalized spacial score (nSPS) is 35.1. The lowest BCUT2D eigenvalue weighted by atomic mass is 9.44. The molecule has 0 amide bonds. The van der Waals surface area contributed by atoms with Gasteiger partial charge in [0.15, 0.2) is 0 Å². The highest BCUT2D eigenvalue weighted by Gasteiger charge is 2.62. The van der Waals surface area contributed by atoms with Crippen LogP contribution in [-0.4, -0.2) is 23.9 Å². The van der Waals surface area contributed by atoms with Gasteiger partial charge in [-0.2, -0.15) is 0 Å². The molecule has 2 aliphatic carbocycles. The molecular formula is C27H34O5. The van der Waals surface area contributed by atoms with Crippen LogP contribution in [-0.2, 0) is 6.42 Å². The van der Waals surface area contributed by atoms with Gasteiger partial charge in [0.2, 0.25) is 0 Å². The van der Waals surface area contributed by atoms with Crippen LogP contribution in [0.2, 0.25) is 0 Å². The van der Waals surface area contributed by atoms with Crippen molar-refractivity contribution in [1.82, 2.24) is 0 Å². The maximum absolute atomic E-state index is 13.1. The Bertz CT molecular complexity index is 1080. The monoisotopic (exact) mass is 438 g/mol. The summed E-state index contributed by atoms with van der Waals surface area (Å²) < 4.78 is 17.7. The van der Waals surface area contributed by atoms with Crippen LogP contribution in [0.15, 0.2) is 39.5 Å². The van der Waals surface area contributed by atoms with E-state index in [2.05, 4.69) is 27.7 Å². The summed E-state index contributed by atoms with van der Waals surface area (Å²) in [5.41, 5.74) is 0.695. The van der Waals surface area contributed by atoms with Gasteiger partial charge in [0.1, 0.15) is 22.9 Å². The molecule has 0 radical (unpaired) electrons. The first kappa shape index (κ1) is 21.6. The Morgan fingerprint density at radius 2 is 1.75 bits per heavy atom. The molecular weight excluding hydrogens is 404 g/mol. The van der Waals surface area contributed by atoms with Crippen molar-refractivity contribution in [3.8, 4) is 22.8 Å². The van der Waals surface area contributed by atoms with Gasteiger partial charge < -0.3 is 19.0 Å². The Labute approximate surface area is 189 Å². The molecule has 5 nitrogen and oxygen atoms in total. The fraction of sp³-hybridized carbons (Fsp3) is 0.593. The van der Waals surface area contributed by atoms with E-state index in [-0.39, 0.29) is 34.1 Å². The van der Waals surface area contributed by atoms with Crippen LogP contribution in [0.1, 0.15) is 58.9 Å². The Morgan fingerprint density at radius 1 is 1.03 bits per heavy atom. The van der Waals surface area contributed by atoms with E-state index < -0.39 is 0 Å². The average molecular weight is 439 g/mol. The highest BCUT2D eigenvalue weighted by atomic mass is 16.5. The molecule has 172 valence electrons. The summed E-state index contributed by atoms with van der Waals surface area (Å²) in [7, 11) is 1.63. The summed E-state index contributed by atoms with van der Waals surface area (Å²) in [6.45, 7) is 8.97. The molecule has 5 heteroatoms. The van der Waals surface area contributed by atoms with E-state index in [4.69, 9.17) is 13.9 Å². The molecule has 0 bridgehead atoms. The molecule has 1 aromatic carbocycles. The number of fused-ring (bicyclic) bond motifs is 4. The number of benzene rings is 1. The van der Waals surface area contributed by atoms with Crippen molar-refractivity contribution in [3.63, 3.8) is 0 Å². The molecule has 1 aromatic heterocycles. The molecule has 2 saturated carbocycles. The molecule has 2 aromatic rings. The van der Waals surface area contributed by atoms with Gasteiger partial charge in [0.25, 0.3) is 0 Å². The quantitative estimate of drug-likeness (QED) is 0.696. The van der Waals surface area contributed by atoms with Gasteiger partial charge >= 0.3 is 5.63 Å². The van der Waals surface area contributed by atoms with Crippen LogP contribution in [0.4, 0.5) is 0 Å². The van der Waals surface area contributed by atoms with Gasteiger partial charge in [-0.1, -0.05) is 20.8 Å². The van der Waals surface area contributed by atoms with Crippen molar-refractivity contribution >= 4 is 0 Å². The Balaban J connectivity index is 1.54. The maximum Gasteiger partial charge on any atom is 0.343 e. The number of hydrogen-bond acceptors (Lipinski definition) is 5. The fourth-order valence-corrected chi connectivity index (χ4v) is 7.19. The number of aliphatic hydroxyl groups is 1. The van der Waals surface area contributed by atoms with Gasteiger partial charge in [0.05, 0.1) is 18.8 Å². The predicted octanol–water partition coefficient (Wildman–Crippen LogP) is 5.22. The van der Waals surface area contributed by atoms with Crippen LogP contribution in [0, 0.1) is 22.7 Å². The van der Waals surface area contributed by atoms with Gasteiger partial charge in [-0.25, -0.2) is 4.79 Å². The van der Waals surface area contributed by atoms with E-state index >= 15 is 0 Å². The SMILES string of the molecule is COc1ccc(-c2cc3c(c(=O)o2)CC2C(C)(CCC4C(C)(C)C(O)CCC24C)O3)cc1. The second kappa shape index (κ2) is 7.11. The highest BCUT2D eigenvalue weighted by Crippen LogP contribution is 2.64.